The van der Waals surface area contributed by atoms with Gasteiger partial charge in [0.05, 0.1) is 6.04 Å². The molecule has 0 unspecified atom stereocenters. The highest BCUT2D eigenvalue weighted by Crippen LogP contribution is 2.19. The third-order valence-corrected chi connectivity index (χ3v) is 3.25. The van der Waals surface area contributed by atoms with Gasteiger partial charge < -0.3 is 10.6 Å². The molecule has 0 aromatic rings. The van der Waals surface area contributed by atoms with Crippen molar-refractivity contribution < 1.29 is 4.79 Å². The number of amides is 1. The van der Waals surface area contributed by atoms with Crippen LogP contribution < -0.4 is 5.73 Å². The summed E-state index contributed by atoms with van der Waals surface area (Å²) in [5.41, 5.74) is 6.00. The summed E-state index contributed by atoms with van der Waals surface area (Å²) in [7, 11) is 0. The fourth-order valence-corrected chi connectivity index (χ4v) is 1.97. The van der Waals surface area contributed by atoms with Gasteiger partial charge in [-0.3, -0.25) is 9.69 Å². The largest absolute Gasteiger partial charge is 0.339 e. The summed E-state index contributed by atoms with van der Waals surface area (Å²) in [6.45, 7) is 13.3. The molecule has 100 valence electrons. The Hall–Kier alpha value is -0.610. The van der Waals surface area contributed by atoms with Gasteiger partial charge in [0, 0.05) is 26.2 Å². The number of nitrogens with zero attached hydrogens (tertiary/aromatic N) is 2. The predicted molar refractivity (Wildman–Crippen MR) is 70.7 cm³/mol. The maximum absolute atomic E-state index is 11.7. The minimum Gasteiger partial charge on any atom is -0.339 e. The molecular weight excluding hydrogens is 214 g/mol. The molecule has 0 bridgehead atoms. The molecule has 1 saturated heterocycles. The lowest BCUT2D eigenvalue weighted by molar-refractivity contribution is -0.134. The molecule has 17 heavy (non-hydrogen) atoms. The molecule has 0 radical (unpaired) electrons. The van der Waals surface area contributed by atoms with Gasteiger partial charge in [-0.1, -0.05) is 20.8 Å². The van der Waals surface area contributed by atoms with E-state index in [1.807, 2.05) is 4.90 Å². The first-order valence-corrected chi connectivity index (χ1v) is 6.56. The molecule has 1 heterocycles. The molecule has 1 amide bonds. The van der Waals surface area contributed by atoms with Gasteiger partial charge in [-0.15, -0.1) is 0 Å². The molecular formula is C13H27N3O. The Kier molecular flexibility index (Phi) is 4.95. The van der Waals surface area contributed by atoms with Crippen LogP contribution in [0.15, 0.2) is 0 Å². The molecule has 0 aromatic carbocycles. The molecule has 0 aliphatic carbocycles. The van der Waals surface area contributed by atoms with Crippen molar-refractivity contribution in [3.8, 4) is 0 Å². The van der Waals surface area contributed by atoms with E-state index >= 15 is 0 Å². The number of nitrogens with two attached hydrogens (primary N) is 1. The number of piperazine rings is 1. The lowest BCUT2D eigenvalue weighted by Gasteiger charge is -2.36. The molecule has 4 heteroatoms. The van der Waals surface area contributed by atoms with Crippen molar-refractivity contribution in [1.29, 1.82) is 0 Å². The highest BCUT2D eigenvalue weighted by atomic mass is 16.2. The van der Waals surface area contributed by atoms with E-state index in [-0.39, 0.29) is 11.9 Å². The first-order valence-electron chi connectivity index (χ1n) is 6.56. The Morgan fingerprint density at radius 1 is 1.24 bits per heavy atom. The zero-order chi connectivity index (χ0) is 13.1. The Bertz CT molecular complexity index is 250. The molecule has 1 fully saturated rings. The van der Waals surface area contributed by atoms with Gasteiger partial charge in [0.25, 0.3) is 0 Å². The van der Waals surface area contributed by atoms with Crippen molar-refractivity contribution in [1.82, 2.24) is 9.80 Å². The van der Waals surface area contributed by atoms with Crippen molar-refractivity contribution in [3.05, 3.63) is 0 Å². The van der Waals surface area contributed by atoms with Crippen LogP contribution >= 0.6 is 0 Å². The maximum Gasteiger partial charge on any atom is 0.239 e. The molecule has 1 aliphatic heterocycles. The normalized spacial score (nSPS) is 20.4. The SMILES string of the molecule is C[C@@H](N)C(=O)N1CCN(CCC(C)(C)C)CC1. The van der Waals surface area contributed by atoms with Crippen LogP contribution in [0.4, 0.5) is 0 Å². The summed E-state index contributed by atoms with van der Waals surface area (Å²) in [6, 6.07) is -0.365. The minimum atomic E-state index is -0.365. The summed E-state index contributed by atoms with van der Waals surface area (Å²) in [5, 5.41) is 0. The predicted octanol–water partition coefficient (Wildman–Crippen LogP) is 0.914. The van der Waals surface area contributed by atoms with E-state index in [9.17, 15) is 4.79 Å². The van der Waals surface area contributed by atoms with E-state index in [0.717, 1.165) is 32.7 Å². The average Bonchev–Trinajstić information content (AvgIpc) is 2.25. The maximum atomic E-state index is 11.7. The van der Waals surface area contributed by atoms with Crippen molar-refractivity contribution in [2.75, 3.05) is 32.7 Å². The van der Waals surface area contributed by atoms with E-state index in [2.05, 4.69) is 25.7 Å². The number of hydrogen-bond acceptors (Lipinski definition) is 3. The number of carbonyl (C=O) groups excluding carboxylic acids is 1. The topological polar surface area (TPSA) is 49.6 Å². The minimum absolute atomic E-state index is 0.0838. The van der Waals surface area contributed by atoms with Crippen molar-refractivity contribution in [2.45, 2.75) is 40.2 Å². The van der Waals surface area contributed by atoms with Crippen LogP contribution in [0.5, 0.6) is 0 Å². The third kappa shape index (κ3) is 5.04. The first kappa shape index (κ1) is 14.5. The van der Waals surface area contributed by atoms with Gasteiger partial charge in [-0.05, 0) is 25.3 Å². The molecule has 0 saturated carbocycles. The highest BCUT2D eigenvalue weighted by Gasteiger charge is 2.23. The Morgan fingerprint density at radius 2 is 1.76 bits per heavy atom. The van der Waals surface area contributed by atoms with Crippen LogP contribution in [0.3, 0.4) is 0 Å². The van der Waals surface area contributed by atoms with Gasteiger partial charge in [0.2, 0.25) is 5.91 Å². The quantitative estimate of drug-likeness (QED) is 0.799. The summed E-state index contributed by atoms with van der Waals surface area (Å²) >= 11 is 0. The zero-order valence-electron chi connectivity index (χ0n) is 11.7. The van der Waals surface area contributed by atoms with Crippen molar-refractivity contribution >= 4 is 5.91 Å². The lowest BCUT2D eigenvalue weighted by Crippen LogP contribution is -2.52. The molecule has 4 nitrogen and oxygen atoms in total. The van der Waals surface area contributed by atoms with Gasteiger partial charge in [0.15, 0.2) is 0 Å². The van der Waals surface area contributed by atoms with Gasteiger partial charge >= 0.3 is 0 Å². The van der Waals surface area contributed by atoms with Gasteiger partial charge in [0.1, 0.15) is 0 Å². The lowest BCUT2D eigenvalue weighted by atomic mass is 9.92. The average molecular weight is 241 g/mol. The molecule has 0 spiro atoms. The third-order valence-electron chi connectivity index (χ3n) is 3.25. The number of rotatable bonds is 3. The van der Waals surface area contributed by atoms with Gasteiger partial charge in [-0.25, -0.2) is 0 Å². The second kappa shape index (κ2) is 5.83. The fraction of sp³-hybridized carbons (Fsp3) is 0.923. The van der Waals surface area contributed by atoms with E-state index in [1.54, 1.807) is 6.92 Å². The fourth-order valence-electron chi connectivity index (χ4n) is 1.97. The van der Waals surface area contributed by atoms with Crippen LogP contribution in [0.1, 0.15) is 34.1 Å². The van der Waals surface area contributed by atoms with Crippen LogP contribution in [-0.4, -0.2) is 54.5 Å². The van der Waals surface area contributed by atoms with E-state index in [0.29, 0.717) is 5.41 Å². The number of hydrogen-bond donors (Lipinski definition) is 1. The Balaban J connectivity index is 2.29. The number of carbonyl (C=O) groups is 1. The monoisotopic (exact) mass is 241 g/mol. The molecule has 1 atom stereocenters. The van der Waals surface area contributed by atoms with Crippen molar-refractivity contribution in [2.24, 2.45) is 11.1 Å². The molecule has 0 aromatic heterocycles. The second-order valence-electron chi connectivity index (χ2n) is 6.27. The first-order chi connectivity index (χ1) is 7.79. The zero-order valence-corrected chi connectivity index (χ0v) is 11.7. The summed E-state index contributed by atoms with van der Waals surface area (Å²) in [4.78, 5) is 16.0. The van der Waals surface area contributed by atoms with Crippen LogP contribution in [0, 0.1) is 5.41 Å². The second-order valence-corrected chi connectivity index (χ2v) is 6.27. The molecule has 1 rings (SSSR count). The standard InChI is InChI=1S/C13H27N3O/c1-11(14)12(17)16-9-7-15(8-10-16)6-5-13(2,3)4/h11H,5-10,14H2,1-4H3/t11-/m1/s1. The molecule has 1 aliphatic rings. The summed E-state index contributed by atoms with van der Waals surface area (Å²) in [5.74, 6) is 0.0838. The smallest absolute Gasteiger partial charge is 0.239 e. The van der Waals surface area contributed by atoms with E-state index in [4.69, 9.17) is 5.73 Å². The summed E-state index contributed by atoms with van der Waals surface area (Å²) < 4.78 is 0. The van der Waals surface area contributed by atoms with Crippen LogP contribution in [-0.2, 0) is 4.79 Å². The Labute approximate surface area is 105 Å². The van der Waals surface area contributed by atoms with Crippen LogP contribution in [0.25, 0.3) is 0 Å². The summed E-state index contributed by atoms with van der Waals surface area (Å²) in [6.07, 6.45) is 1.20. The van der Waals surface area contributed by atoms with E-state index in [1.165, 1.54) is 6.42 Å². The highest BCUT2D eigenvalue weighted by molar-refractivity contribution is 5.81. The van der Waals surface area contributed by atoms with E-state index < -0.39 is 0 Å². The van der Waals surface area contributed by atoms with Crippen molar-refractivity contribution in [3.63, 3.8) is 0 Å². The van der Waals surface area contributed by atoms with Gasteiger partial charge in [-0.2, -0.15) is 0 Å². The van der Waals surface area contributed by atoms with Crippen LogP contribution in [0.2, 0.25) is 0 Å². The molecule has 2 N–H and O–H groups in total. The Morgan fingerprint density at radius 3 is 2.18 bits per heavy atom.